The summed E-state index contributed by atoms with van der Waals surface area (Å²) >= 11 is 11.7. The molecule has 0 amide bonds. The third kappa shape index (κ3) is 3.52. The fourth-order valence-corrected chi connectivity index (χ4v) is 2.79. The first-order valence-corrected chi connectivity index (χ1v) is 7.28. The van der Waals surface area contributed by atoms with Gasteiger partial charge in [0.15, 0.2) is 0 Å². The van der Waals surface area contributed by atoms with Gasteiger partial charge in [-0.05, 0) is 68.3 Å². The topological polar surface area (TPSA) is 38.0 Å². The minimum atomic E-state index is -0.301. The summed E-state index contributed by atoms with van der Waals surface area (Å²) in [6.45, 7) is 0. The Labute approximate surface area is 132 Å². The van der Waals surface area contributed by atoms with E-state index in [1.54, 1.807) is 6.07 Å². The fourth-order valence-electron chi connectivity index (χ4n) is 1.54. The highest BCUT2D eigenvalue weighted by Gasteiger charge is 2.06. The number of thiocarbonyl (C=S) groups is 1. The molecule has 0 fully saturated rings. The number of rotatable bonds is 3. The summed E-state index contributed by atoms with van der Waals surface area (Å²) in [5.41, 5.74) is 7.80. The van der Waals surface area contributed by atoms with Crippen LogP contribution in [0.25, 0.3) is 0 Å². The standard InChI is InChI=1S/C13H9Br2FN2S/c14-10-4-1-7(16)5-12(10)18-8-2-3-9(13(17)19)11(15)6-8/h1-6,18H,(H2,17,19). The molecule has 3 N–H and O–H groups in total. The summed E-state index contributed by atoms with van der Waals surface area (Å²) in [5.74, 6) is -0.301. The van der Waals surface area contributed by atoms with Crippen LogP contribution in [0.2, 0.25) is 0 Å². The molecule has 0 aliphatic heterocycles. The Morgan fingerprint density at radius 1 is 1.11 bits per heavy atom. The van der Waals surface area contributed by atoms with Crippen molar-refractivity contribution in [1.82, 2.24) is 0 Å². The van der Waals surface area contributed by atoms with Crippen molar-refractivity contribution in [2.75, 3.05) is 5.32 Å². The van der Waals surface area contributed by atoms with Gasteiger partial charge in [-0.3, -0.25) is 0 Å². The van der Waals surface area contributed by atoms with E-state index in [-0.39, 0.29) is 5.82 Å². The Hall–Kier alpha value is -0.980. The van der Waals surface area contributed by atoms with Crippen molar-refractivity contribution in [1.29, 1.82) is 0 Å². The van der Waals surface area contributed by atoms with Gasteiger partial charge >= 0.3 is 0 Å². The van der Waals surface area contributed by atoms with Crippen LogP contribution in [-0.4, -0.2) is 4.99 Å². The average molecular weight is 404 g/mol. The molecule has 98 valence electrons. The predicted octanol–water partition coefficient (Wildman–Crippen LogP) is 4.73. The van der Waals surface area contributed by atoms with Crippen LogP contribution < -0.4 is 11.1 Å². The molecule has 0 saturated carbocycles. The van der Waals surface area contributed by atoms with Gasteiger partial charge in [0.1, 0.15) is 10.8 Å². The molecule has 2 aromatic rings. The van der Waals surface area contributed by atoms with Crippen LogP contribution in [-0.2, 0) is 0 Å². The summed E-state index contributed by atoms with van der Waals surface area (Å²) in [7, 11) is 0. The monoisotopic (exact) mass is 402 g/mol. The van der Waals surface area contributed by atoms with Crippen molar-refractivity contribution >= 4 is 60.4 Å². The zero-order chi connectivity index (χ0) is 14.0. The molecule has 0 unspecified atom stereocenters. The molecule has 2 rings (SSSR count). The van der Waals surface area contributed by atoms with Gasteiger partial charge in [0.25, 0.3) is 0 Å². The highest BCUT2D eigenvalue weighted by molar-refractivity contribution is 9.11. The zero-order valence-corrected chi connectivity index (χ0v) is 13.6. The van der Waals surface area contributed by atoms with Crippen molar-refractivity contribution in [3.63, 3.8) is 0 Å². The van der Waals surface area contributed by atoms with Gasteiger partial charge in [-0.1, -0.05) is 12.2 Å². The largest absolute Gasteiger partial charge is 0.389 e. The lowest BCUT2D eigenvalue weighted by Gasteiger charge is -2.10. The molecule has 0 atom stereocenters. The Morgan fingerprint density at radius 3 is 2.47 bits per heavy atom. The Bertz CT molecular complexity index is 647. The maximum atomic E-state index is 13.2. The van der Waals surface area contributed by atoms with E-state index in [1.807, 2.05) is 18.2 Å². The van der Waals surface area contributed by atoms with Crippen LogP contribution in [0.1, 0.15) is 5.56 Å². The third-order valence-corrected chi connectivity index (χ3v) is 4.01. The van der Waals surface area contributed by atoms with Gasteiger partial charge in [-0.25, -0.2) is 4.39 Å². The van der Waals surface area contributed by atoms with E-state index in [2.05, 4.69) is 37.2 Å². The highest BCUT2D eigenvalue weighted by Crippen LogP contribution is 2.29. The van der Waals surface area contributed by atoms with Gasteiger partial charge < -0.3 is 11.1 Å². The molecule has 19 heavy (non-hydrogen) atoms. The van der Waals surface area contributed by atoms with E-state index in [4.69, 9.17) is 18.0 Å². The Balaban J connectivity index is 2.31. The first kappa shape index (κ1) is 14.4. The van der Waals surface area contributed by atoms with Crippen LogP contribution in [0, 0.1) is 5.82 Å². The fraction of sp³-hybridized carbons (Fsp3) is 0. The highest BCUT2D eigenvalue weighted by atomic mass is 79.9. The predicted molar refractivity (Wildman–Crippen MR) is 87.4 cm³/mol. The van der Waals surface area contributed by atoms with E-state index in [9.17, 15) is 4.39 Å². The van der Waals surface area contributed by atoms with Gasteiger partial charge in [0, 0.05) is 20.2 Å². The normalized spacial score (nSPS) is 10.3. The zero-order valence-electron chi connectivity index (χ0n) is 9.58. The van der Waals surface area contributed by atoms with Crippen molar-refractivity contribution < 1.29 is 4.39 Å². The molecule has 0 aromatic heterocycles. The number of nitrogens with two attached hydrogens (primary N) is 1. The average Bonchev–Trinajstić information content (AvgIpc) is 2.33. The van der Waals surface area contributed by atoms with Crippen LogP contribution in [0.15, 0.2) is 45.3 Å². The maximum Gasteiger partial charge on any atom is 0.125 e. The lowest BCUT2D eigenvalue weighted by atomic mass is 10.2. The van der Waals surface area contributed by atoms with E-state index >= 15 is 0 Å². The van der Waals surface area contributed by atoms with Gasteiger partial charge in [-0.2, -0.15) is 0 Å². The molecular weight excluding hydrogens is 395 g/mol. The number of hydrogen-bond donors (Lipinski definition) is 2. The molecule has 0 bridgehead atoms. The van der Waals surface area contributed by atoms with Crippen LogP contribution >= 0.6 is 44.1 Å². The van der Waals surface area contributed by atoms with Gasteiger partial charge in [-0.15, -0.1) is 0 Å². The molecule has 0 saturated heterocycles. The molecule has 0 aliphatic rings. The molecule has 0 heterocycles. The van der Waals surface area contributed by atoms with Gasteiger partial charge in [0.05, 0.1) is 5.69 Å². The number of benzene rings is 2. The molecular formula is C13H9Br2FN2S. The van der Waals surface area contributed by atoms with E-state index in [0.29, 0.717) is 10.7 Å². The van der Waals surface area contributed by atoms with Crippen molar-refractivity contribution in [2.24, 2.45) is 5.73 Å². The lowest BCUT2D eigenvalue weighted by molar-refractivity contribution is 0.628. The first-order valence-electron chi connectivity index (χ1n) is 5.29. The molecule has 0 aliphatic carbocycles. The second kappa shape index (κ2) is 5.98. The maximum absolute atomic E-state index is 13.2. The summed E-state index contributed by atoms with van der Waals surface area (Å²) in [4.78, 5) is 0.324. The van der Waals surface area contributed by atoms with Crippen LogP contribution in [0.5, 0.6) is 0 Å². The summed E-state index contributed by atoms with van der Waals surface area (Å²) in [6, 6.07) is 9.93. The van der Waals surface area contributed by atoms with Crippen LogP contribution in [0.3, 0.4) is 0 Å². The lowest BCUT2D eigenvalue weighted by Crippen LogP contribution is -2.10. The minimum absolute atomic E-state index is 0.301. The Kier molecular flexibility index (Phi) is 4.54. The second-order valence-electron chi connectivity index (χ2n) is 3.81. The van der Waals surface area contributed by atoms with E-state index < -0.39 is 0 Å². The van der Waals surface area contributed by atoms with Crippen LogP contribution in [0.4, 0.5) is 15.8 Å². The summed E-state index contributed by atoms with van der Waals surface area (Å²) < 4.78 is 14.8. The summed E-state index contributed by atoms with van der Waals surface area (Å²) in [6.07, 6.45) is 0. The van der Waals surface area contributed by atoms with E-state index in [1.165, 1.54) is 12.1 Å². The number of anilines is 2. The third-order valence-electron chi connectivity index (χ3n) is 2.44. The number of nitrogens with one attached hydrogen (secondary N) is 1. The van der Waals surface area contributed by atoms with Crippen molar-refractivity contribution in [3.8, 4) is 0 Å². The van der Waals surface area contributed by atoms with Crippen molar-refractivity contribution in [3.05, 3.63) is 56.7 Å². The Morgan fingerprint density at radius 2 is 1.84 bits per heavy atom. The molecule has 2 nitrogen and oxygen atoms in total. The SMILES string of the molecule is NC(=S)c1ccc(Nc2cc(F)ccc2Br)cc1Br. The number of hydrogen-bond acceptors (Lipinski definition) is 2. The molecule has 0 spiro atoms. The number of halogens is 3. The molecule has 6 heteroatoms. The quantitative estimate of drug-likeness (QED) is 0.727. The van der Waals surface area contributed by atoms with Gasteiger partial charge in [0.2, 0.25) is 0 Å². The minimum Gasteiger partial charge on any atom is -0.389 e. The molecule has 2 aromatic carbocycles. The van der Waals surface area contributed by atoms with E-state index in [0.717, 1.165) is 20.2 Å². The van der Waals surface area contributed by atoms with Crippen molar-refractivity contribution in [2.45, 2.75) is 0 Å². The smallest absolute Gasteiger partial charge is 0.125 e. The first-order chi connectivity index (χ1) is 8.97. The summed E-state index contributed by atoms with van der Waals surface area (Å²) in [5, 5.41) is 3.12. The molecule has 0 radical (unpaired) electrons. The second-order valence-corrected chi connectivity index (χ2v) is 5.96.